The summed E-state index contributed by atoms with van der Waals surface area (Å²) >= 11 is 12.1. The maximum Gasteiger partial charge on any atom is 0.408 e. The van der Waals surface area contributed by atoms with Gasteiger partial charge < -0.3 is 19.5 Å². The maximum atomic E-state index is 14.8. The number of amides is 1. The second-order valence-corrected chi connectivity index (χ2v) is 9.51. The number of ketones is 1. The summed E-state index contributed by atoms with van der Waals surface area (Å²) in [5.41, 5.74) is -0.341. The van der Waals surface area contributed by atoms with Crippen LogP contribution in [0.15, 0.2) is 36.4 Å². The van der Waals surface area contributed by atoms with Crippen LogP contribution in [0.1, 0.15) is 55.6 Å². The van der Waals surface area contributed by atoms with E-state index >= 15 is 0 Å². The van der Waals surface area contributed by atoms with Crippen LogP contribution < -0.4 is 10.1 Å². The van der Waals surface area contributed by atoms with Crippen molar-refractivity contribution in [1.82, 2.24) is 5.32 Å². The van der Waals surface area contributed by atoms with Gasteiger partial charge in [-0.25, -0.2) is 9.18 Å². The second kappa shape index (κ2) is 10.7. The van der Waals surface area contributed by atoms with E-state index < -0.39 is 29.3 Å². The van der Waals surface area contributed by atoms with Crippen molar-refractivity contribution in [3.63, 3.8) is 0 Å². The highest BCUT2D eigenvalue weighted by atomic mass is 35.5. The largest absolute Gasteiger partial charge is 0.487 e. The summed E-state index contributed by atoms with van der Waals surface area (Å²) in [6, 6.07) is 7.35. The van der Waals surface area contributed by atoms with Gasteiger partial charge in [-0.05, 0) is 56.7 Å². The van der Waals surface area contributed by atoms with Crippen LogP contribution in [0.25, 0.3) is 0 Å². The van der Waals surface area contributed by atoms with E-state index in [4.69, 9.17) is 37.4 Å². The van der Waals surface area contributed by atoms with Gasteiger partial charge in [0.05, 0.1) is 23.3 Å². The first-order valence-corrected chi connectivity index (χ1v) is 11.3. The molecular weight excluding hydrogens is 472 g/mol. The number of alkyl carbamates (subject to hydrolysis) is 1. The van der Waals surface area contributed by atoms with Crippen LogP contribution in [0.2, 0.25) is 10.0 Å². The number of carbonyl (C=O) groups is 2. The molecule has 2 aromatic rings. The van der Waals surface area contributed by atoms with Gasteiger partial charge in [0.2, 0.25) is 0 Å². The highest BCUT2D eigenvalue weighted by Crippen LogP contribution is 2.29. The molecule has 0 saturated carbocycles. The first kappa shape index (κ1) is 25.3. The summed E-state index contributed by atoms with van der Waals surface area (Å²) in [5, 5.41) is 3.06. The highest BCUT2D eigenvalue weighted by Gasteiger charge is 2.28. The lowest BCUT2D eigenvalue weighted by atomic mass is 9.97. The van der Waals surface area contributed by atoms with Gasteiger partial charge in [-0.3, -0.25) is 4.79 Å². The van der Waals surface area contributed by atoms with E-state index in [1.54, 1.807) is 26.8 Å². The molecule has 1 aliphatic heterocycles. The van der Waals surface area contributed by atoms with E-state index in [9.17, 15) is 14.0 Å². The molecule has 1 unspecified atom stereocenters. The number of benzene rings is 2. The number of carbonyl (C=O) groups excluding carboxylic acids is 2. The fourth-order valence-electron chi connectivity index (χ4n) is 3.31. The van der Waals surface area contributed by atoms with Crippen molar-refractivity contribution in [2.75, 3.05) is 13.2 Å². The van der Waals surface area contributed by atoms with Gasteiger partial charge in [-0.1, -0.05) is 29.3 Å². The minimum Gasteiger partial charge on any atom is -0.487 e. The number of halogens is 3. The molecule has 33 heavy (non-hydrogen) atoms. The molecule has 0 radical (unpaired) electrons. The molecule has 0 bridgehead atoms. The summed E-state index contributed by atoms with van der Waals surface area (Å²) in [4.78, 5) is 25.7. The molecule has 6 nitrogen and oxygen atoms in total. The number of hydrogen-bond donors (Lipinski definition) is 1. The molecule has 0 spiro atoms. The van der Waals surface area contributed by atoms with Gasteiger partial charge in [0, 0.05) is 18.4 Å². The Labute approximate surface area is 202 Å². The number of ether oxygens (including phenoxy) is 3. The lowest BCUT2D eigenvalue weighted by Gasteiger charge is -2.24. The predicted molar refractivity (Wildman–Crippen MR) is 124 cm³/mol. The van der Waals surface area contributed by atoms with Crippen molar-refractivity contribution in [3.05, 3.63) is 63.4 Å². The third kappa shape index (κ3) is 7.06. The monoisotopic (exact) mass is 497 g/mol. The van der Waals surface area contributed by atoms with E-state index in [0.29, 0.717) is 36.6 Å². The zero-order valence-electron chi connectivity index (χ0n) is 18.6. The Hall–Kier alpha value is -2.35. The van der Waals surface area contributed by atoms with Gasteiger partial charge in [-0.2, -0.15) is 0 Å². The first-order chi connectivity index (χ1) is 15.5. The minimum absolute atomic E-state index is 0.0546. The van der Waals surface area contributed by atoms with Crippen LogP contribution in [0.4, 0.5) is 9.18 Å². The van der Waals surface area contributed by atoms with Crippen molar-refractivity contribution in [2.24, 2.45) is 0 Å². The summed E-state index contributed by atoms with van der Waals surface area (Å²) in [7, 11) is 0. The Morgan fingerprint density at radius 1 is 1.09 bits per heavy atom. The second-order valence-electron chi connectivity index (χ2n) is 8.69. The molecular formula is C24H26Cl2FNO5. The normalized spacial score (nSPS) is 15.6. The maximum absolute atomic E-state index is 14.8. The van der Waals surface area contributed by atoms with Gasteiger partial charge >= 0.3 is 6.09 Å². The van der Waals surface area contributed by atoms with Gasteiger partial charge in [-0.15, -0.1) is 0 Å². The van der Waals surface area contributed by atoms with Crippen LogP contribution in [-0.4, -0.2) is 36.8 Å². The summed E-state index contributed by atoms with van der Waals surface area (Å²) in [5.74, 6) is -1.15. The van der Waals surface area contributed by atoms with Crippen LogP contribution >= 0.6 is 23.2 Å². The molecule has 1 atom stereocenters. The molecule has 1 aliphatic rings. The average Bonchev–Trinajstić information content (AvgIpc) is 2.74. The Morgan fingerprint density at radius 3 is 2.39 bits per heavy atom. The number of nitrogens with one attached hydrogen (secondary N) is 1. The molecule has 1 N–H and O–H groups in total. The first-order valence-electron chi connectivity index (χ1n) is 10.6. The van der Waals surface area contributed by atoms with E-state index in [0.717, 1.165) is 6.07 Å². The molecule has 178 valence electrons. The fraction of sp³-hybridized carbons (Fsp3) is 0.417. The van der Waals surface area contributed by atoms with Crippen LogP contribution in [0.5, 0.6) is 5.75 Å². The standard InChI is InChI=1S/C24H26Cl2FNO5/c1-24(2,3)33-23(30)28-21(14-4-6-17(25)18(26)12-14)22(29)15-5-7-20(19(27)13-15)32-16-8-10-31-11-9-16/h4-7,12-13,16,21H,8-11H2,1-3H3,(H,28,30). The van der Waals surface area contributed by atoms with Crippen LogP contribution in [0, 0.1) is 5.82 Å². The van der Waals surface area contributed by atoms with Crippen molar-refractivity contribution in [2.45, 2.75) is 51.4 Å². The molecule has 0 aromatic heterocycles. The van der Waals surface area contributed by atoms with Crippen molar-refractivity contribution in [1.29, 1.82) is 0 Å². The van der Waals surface area contributed by atoms with Crippen LogP contribution in [-0.2, 0) is 9.47 Å². The SMILES string of the molecule is CC(C)(C)OC(=O)NC(C(=O)c1ccc(OC2CCOCC2)c(F)c1)c1ccc(Cl)c(Cl)c1. The summed E-state index contributed by atoms with van der Waals surface area (Å²) in [6.45, 7) is 6.23. The van der Waals surface area contributed by atoms with Gasteiger partial charge in [0.15, 0.2) is 17.3 Å². The molecule has 1 fully saturated rings. The third-order valence-corrected chi connectivity index (χ3v) is 5.62. The van der Waals surface area contributed by atoms with Gasteiger partial charge in [0.1, 0.15) is 17.7 Å². The van der Waals surface area contributed by atoms with E-state index in [-0.39, 0.29) is 22.4 Å². The number of hydrogen-bond acceptors (Lipinski definition) is 5. The van der Waals surface area contributed by atoms with Crippen LogP contribution in [0.3, 0.4) is 0 Å². The van der Waals surface area contributed by atoms with Crippen molar-refractivity contribution >= 4 is 35.1 Å². The highest BCUT2D eigenvalue weighted by molar-refractivity contribution is 6.42. The molecule has 3 rings (SSSR count). The van der Waals surface area contributed by atoms with E-state index in [1.807, 2.05) is 0 Å². The lowest BCUT2D eigenvalue weighted by Crippen LogP contribution is -2.38. The van der Waals surface area contributed by atoms with E-state index in [2.05, 4.69) is 5.32 Å². The Balaban J connectivity index is 1.85. The fourth-order valence-corrected chi connectivity index (χ4v) is 3.61. The molecule has 2 aromatic carbocycles. The molecule has 1 amide bonds. The van der Waals surface area contributed by atoms with Crippen molar-refractivity contribution in [3.8, 4) is 5.75 Å². The van der Waals surface area contributed by atoms with Gasteiger partial charge in [0.25, 0.3) is 0 Å². The lowest BCUT2D eigenvalue weighted by molar-refractivity contribution is 0.0240. The Morgan fingerprint density at radius 2 is 1.79 bits per heavy atom. The number of rotatable bonds is 6. The quantitative estimate of drug-likeness (QED) is 0.485. The Bertz CT molecular complexity index is 1020. The average molecular weight is 498 g/mol. The summed E-state index contributed by atoms with van der Waals surface area (Å²) in [6.07, 6.45) is 0.387. The minimum atomic E-state index is -1.17. The molecule has 1 saturated heterocycles. The topological polar surface area (TPSA) is 73.9 Å². The molecule has 0 aliphatic carbocycles. The number of Topliss-reactive ketones (excluding diaryl/α,β-unsaturated/α-hetero) is 1. The molecule has 9 heteroatoms. The Kier molecular flexibility index (Phi) is 8.21. The van der Waals surface area contributed by atoms with Crippen molar-refractivity contribution < 1.29 is 28.2 Å². The zero-order chi connectivity index (χ0) is 24.2. The third-order valence-electron chi connectivity index (χ3n) is 4.88. The predicted octanol–water partition coefficient (Wildman–Crippen LogP) is 6.14. The molecule has 1 heterocycles. The zero-order valence-corrected chi connectivity index (χ0v) is 20.1. The smallest absolute Gasteiger partial charge is 0.408 e. The summed E-state index contributed by atoms with van der Waals surface area (Å²) < 4.78 is 31.1. The van der Waals surface area contributed by atoms with E-state index in [1.165, 1.54) is 24.3 Å².